The van der Waals surface area contributed by atoms with E-state index in [4.69, 9.17) is 0 Å². The highest BCUT2D eigenvalue weighted by Crippen LogP contribution is 2.36. The van der Waals surface area contributed by atoms with Crippen molar-refractivity contribution in [3.05, 3.63) is 96.6 Å². The van der Waals surface area contributed by atoms with Gasteiger partial charge in [0.2, 0.25) is 0 Å². The summed E-state index contributed by atoms with van der Waals surface area (Å²) < 4.78 is 0. The van der Waals surface area contributed by atoms with Gasteiger partial charge in [0, 0.05) is 0 Å². The predicted molar refractivity (Wildman–Crippen MR) is 109 cm³/mol. The third-order valence-corrected chi connectivity index (χ3v) is 5.13. The Bertz CT molecular complexity index is 1190. The first-order chi connectivity index (χ1) is 12.3. The van der Waals surface area contributed by atoms with Gasteiger partial charge in [0.05, 0.1) is 0 Å². The molecule has 0 atom stereocenters. The summed E-state index contributed by atoms with van der Waals surface area (Å²) in [7, 11) is 0. The van der Waals surface area contributed by atoms with Crippen molar-refractivity contribution in [3.8, 4) is 11.1 Å². The van der Waals surface area contributed by atoms with Gasteiger partial charge in [-0.25, -0.2) is 0 Å². The number of rotatable bonds is 1. The minimum Gasteiger partial charge on any atom is -0.0616 e. The summed E-state index contributed by atoms with van der Waals surface area (Å²) in [6, 6.07) is 33.1. The minimum atomic E-state index is 1.27. The first-order valence-corrected chi connectivity index (χ1v) is 8.71. The SMILES string of the molecule is Cc1ccc(-c2ccc3c4ccccc4c4ccccc4c3c2)cc1. The van der Waals surface area contributed by atoms with Crippen LogP contribution in [0, 0.1) is 6.92 Å². The van der Waals surface area contributed by atoms with Gasteiger partial charge in [-0.1, -0.05) is 90.5 Å². The topological polar surface area (TPSA) is 0 Å². The van der Waals surface area contributed by atoms with Gasteiger partial charge in [-0.2, -0.15) is 0 Å². The molecule has 0 fully saturated rings. The largest absolute Gasteiger partial charge is 0.0616 e. The van der Waals surface area contributed by atoms with E-state index >= 15 is 0 Å². The fourth-order valence-electron chi connectivity index (χ4n) is 3.83. The van der Waals surface area contributed by atoms with E-state index in [9.17, 15) is 0 Å². The highest BCUT2D eigenvalue weighted by Gasteiger charge is 2.09. The normalized spacial score (nSPS) is 11.4. The van der Waals surface area contributed by atoms with Crippen molar-refractivity contribution in [1.29, 1.82) is 0 Å². The van der Waals surface area contributed by atoms with E-state index in [0.717, 1.165) is 0 Å². The fourth-order valence-corrected chi connectivity index (χ4v) is 3.83. The second-order valence-corrected chi connectivity index (χ2v) is 6.72. The van der Waals surface area contributed by atoms with Crippen LogP contribution in [0.3, 0.4) is 0 Å². The second-order valence-electron chi connectivity index (χ2n) is 6.72. The summed E-state index contributed by atoms with van der Waals surface area (Å²) in [5.74, 6) is 0. The maximum Gasteiger partial charge on any atom is -0.00928 e. The Balaban J connectivity index is 1.91. The molecule has 25 heavy (non-hydrogen) atoms. The molecule has 0 amide bonds. The summed E-state index contributed by atoms with van der Waals surface area (Å²) in [4.78, 5) is 0. The Hall–Kier alpha value is -3.12. The molecule has 5 rings (SSSR count). The molecule has 118 valence electrons. The van der Waals surface area contributed by atoms with E-state index in [1.165, 1.54) is 49.0 Å². The molecular formula is C25H18. The number of fused-ring (bicyclic) bond motifs is 6. The van der Waals surface area contributed by atoms with Crippen molar-refractivity contribution in [3.63, 3.8) is 0 Å². The van der Waals surface area contributed by atoms with Crippen LogP contribution in [0.4, 0.5) is 0 Å². The first-order valence-electron chi connectivity index (χ1n) is 8.71. The predicted octanol–water partition coefficient (Wildman–Crippen LogP) is 7.12. The van der Waals surface area contributed by atoms with Gasteiger partial charge < -0.3 is 0 Å². The third kappa shape index (κ3) is 2.22. The van der Waals surface area contributed by atoms with E-state index in [-0.39, 0.29) is 0 Å². The molecule has 0 aliphatic carbocycles. The zero-order valence-corrected chi connectivity index (χ0v) is 14.2. The van der Waals surface area contributed by atoms with Crippen LogP contribution in [0.1, 0.15) is 5.56 Å². The van der Waals surface area contributed by atoms with Gasteiger partial charge >= 0.3 is 0 Å². The van der Waals surface area contributed by atoms with Gasteiger partial charge in [0.15, 0.2) is 0 Å². The molecule has 0 unspecified atom stereocenters. The van der Waals surface area contributed by atoms with Gasteiger partial charge in [0.25, 0.3) is 0 Å². The van der Waals surface area contributed by atoms with Crippen LogP contribution >= 0.6 is 0 Å². The van der Waals surface area contributed by atoms with E-state index in [1.807, 2.05) is 0 Å². The van der Waals surface area contributed by atoms with Crippen LogP contribution in [0.15, 0.2) is 91.0 Å². The van der Waals surface area contributed by atoms with Crippen molar-refractivity contribution in [2.24, 2.45) is 0 Å². The summed E-state index contributed by atoms with van der Waals surface area (Å²) in [5, 5.41) is 7.95. The molecule has 5 aromatic carbocycles. The lowest BCUT2D eigenvalue weighted by molar-refractivity contribution is 1.47. The Morgan fingerprint density at radius 3 is 1.40 bits per heavy atom. The summed E-state index contributed by atoms with van der Waals surface area (Å²) in [6.07, 6.45) is 0. The van der Waals surface area contributed by atoms with E-state index < -0.39 is 0 Å². The maximum absolute atomic E-state index is 2.34. The van der Waals surface area contributed by atoms with Crippen LogP contribution in [-0.2, 0) is 0 Å². The molecule has 0 spiro atoms. The first kappa shape index (κ1) is 14.2. The van der Waals surface area contributed by atoms with Crippen molar-refractivity contribution >= 4 is 32.3 Å². The lowest BCUT2D eigenvalue weighted by Crippen LogP contribution is -1.85. The Kier molecular flexibility index (Phi) is 3.11. The zero-order chi connectivity index (χ0) is 16.8. The number of benzene rings is 5. The molecule has 0 nitrogen and oxygen atoms in total. The molecule has 0 saturated heterocycles. The van der Waals surface area contributed by atoms with Crippen molar-refractivity contribution < 1.29 is 0 Å². The van der Waals surface area contributed by atoms with Gasteiger partial charge in [-0.15, -0.1) is 0 Å². The Morgan fingerprint density at radius 2 is 0.840 bits per heavy atom. The van der Waals surface area contributed by atoms with Crippen molar-refractivity contribution in [1.82, 2.24) is 0 Å². The second kappa shape index (κ2) is 5.46. The fraction of sp³-hybridized carbons (Fsp3) is 0.0400. The van der Waals surface area contributed by atoms with Crippen LogP contribution in [0.25, 0.3) is 43.4 Å². The number of hydrogen-bond donors (Lipinski definition) is 0. The molecule has 0 heterocycles. The number of hydrogen-bond acceptors (Lipinski definition) is 0. The number of aryl methyl sites for hydroxylation is 1. The molecule has 0 N–H and O–H groups in total. The van der Waals surface area contributed by atoms with Crippen molar-refractivity contribution in [2.75, 3.05) is 0 Å². The third-order valence-electron chi connectivity index (χ3n) is 5.13. The lowest BCUT2D eigenvalue weighted by Gasteiger charge is -2.12. The molecule has 0 saturated carbocycles. The summed E-state index contributed by atoms with van der Waals surface area (Å²) in [5.41, 5.74) is 3.83. The standard InChI is InChI=1S/C25H18/c1-17-10-12-18(13-11-17)19-14-15-24-22-8-3-2-6-20(22)21-7-4-5-9-23(21)25(24)16-19/h2-16H,1H3. The van der Waals surface area contributed by atoms with Gasteiger partial charge in [-0.3, -0.25) is 0 Å². The molecule has 0 radical (unpaired) electrons. The molecule has 0 aliphatic heterocycles. The quantitative estimate of drug-likeness (QED) is 0.289. The molecule has 0 heteroatoms. The zero-order valence-electron chi connectivity index (χ0n) is 14.2. The van der Waals surface area contributed by atoms with Crippen LogP contribution in [0.2, 0.25) is 0 Å². The molecular weight excluding hydrogens is 300 g/mol. The van der Waals surface area contributed by atoms with Crippen LogP contribution in [-0.4, -0.2) is 0 Å². The van der Waals surface area contributed by atoms with Crippen LogP contribution < -0.4 is 0 Å². The summed E-state index contributed by atoms with van der Waals surface area (Å²) in [6.45, 7) is 2.13. The average Bonchev–Trinajstić information content (AvgIpc) is 2.68. The highest BCUT2D eigenvalue weighted by atomic mass is 14.1. The lowest BCUT2D eigenvalue weighted by atomic mass is 9.92. The molecule has 0 aliphatic rings. The van der Waals surface area contributed by atoms with Gasteiger partial charge in [0.1, 0.15) is 0 Å². The molecule has 0 bridgehead atoms. The molecule has 0 aromatic heterocycles. The van der Waals surface area contributed by atoms with Crippen molar-refractivity contribution in [2.45, 2.75) is 6.92 Å². The Morgan fingerprint density at radius 1 is 0.400 bits per heavy atom. The van der Waals surface area contributed by atoms with E-state index in [0.29, 0.717) is 0 Å². The van der Waals surface area contributed by atoms with E-state index in [1.54, 1.807) is 0 Å². The Labute approximate surface area is 147 Å². The minimum absolute atomic E-state index is 1.27. The average molecular weight is 318 g/mol. The smallest absolute Gasteiger partial charge is 0.00928 e. The summed E-state index contributed by atoms with van der Waals surface area (Å²) >= 11 is 0. The highest BCUT2D eigenvalue weighted by molar-refractivity contribution is 6.25. The molecule has 5 aromatic rings. The van der Waals surface area contributed by atoms with E-state index in [2.05, 4.69) is 97.9 Å². The van der Waals surface area contributed by atoms with Crippen LogP contribution in [0.5, 0.6) is 0 Å². The maximum atomic E-state index is 2.34. The monoisotopic (exact) mass is 318 g/mol. The van der Waals surface area contributed by atoms with Gasteiger partial charge in [-0.05, 0) is 56.4 Å².